The summed E-state index contributed by atoms with van der Waals surface area (Å²) in [5.41, 5.74) is 0.374. The highest BCUT2D eigenvalue weighted by molar-refractivity contribution is 14.0. The molecule has 0 aliphatic rings. The maximum atomic E-state index is 13.9. The van der Waals surface area contributed by atoms with E-state index in [1.165, 1.54) is 6.07 Å². The largest absolute Gasteiger partial charge is 0.349 e. The Bertz CT molecular complexity index is 446. The van der Waals surface area contributed by atoms with Crippen LogP contribution in [0.3, 0.4) is 0 Å². The minimum absolute atomic E-state index is 0. The number of halogens is 2. The van der Waals surface area contributed by atoms with Crippen molar-refractivity contribution in [1.82, 2.24) is 9.80 Å². The van der Waals surface area contributed by atoms with Gasteiger partial charge in [0, 0.05) is 33.6 Å². The predicted molar refractivity (Wildman–Crippen MR) is 94.5 cm³/mol. The zero-order valence-electron chi connectivity index (χ0n) is 13.1. The Balaban J connectivity index is 0.00000361. The summed E-state index contributed by atoms with van der Waals surface area (Å²) >= 11 is 0. The number of rotatable bonds is 3. The quantitative estimate of drug-likeness (QED) is 0.446. The van der Waals surface area contributed by atoms with Crippen LogP contribution in [0.25, 0.3) is 0 Å². The Morgan fingerprint density at radius 3 is 2.05 bits per heavy atom. The van der Waals surface area contributed by atoms with Gasteiger partial charge in [0.05, 0.1) is 6.54 Å². The van der Waals surface area contributed by atoms with Gasteiger partial charge in [0.25, 0.3) is 0 Å². The van der Waals surface area contributed by atoms with E-state index >= 15 is 0 Å². The fourth-order valence-corrected chi connectivity index (χ4v) is 2.05. The Kier molecular flexibility index (Phi) is 7.47. The molecule has 0 aromatic heterocycles. The molecule has 0 aliphatic carbocycles. The lowest BCUT2D eigenvalue weighted by molar-refractivity contribution is 0.456. The molecule has 0 atom stereocenters. The smallest absolute Gasteiger partial charge is 0.195 e. The molecule has 0 unspecified atom stereocenters. The van der Waals surface area contributed by atoms with Gasteiger partial charge in [0.15, 0.2) is 5.96 Å². The Morgan fingerprint density at radius 2 is 1.60 bits per heavy atom. The van der Waals surface area contributed by atoms with E-state index in [2.05, 4.69) is 4.99 Å². The van der Waals surface area contributed by atoms with Crippen molar-refractivity contribution in [2.24, 2.45) is 4.99 Å². The van der Waals surface area contributed by atoms with Crippen molar-refractivity contribution < 1.29 is 4.39 Å². The van der Waals surface area contributed by atoms with Crippen molar-refractivity contribution in [3.63, 3.8) is 0 Å². The normalized spacial score (nSPS) is 10.6. The van der Waals surface area contributed by atoms with Gasteiger partial charge in [-0.25, -0.2) is 4.39 Å². The topological polar surface area (TPSA) is 18.8 Å². The molecular formula is C15H25FIN3. The summed E-state index contributed by atoms with van der Waals surface area (Å²) in [4.78, 5) is 8.53. The first kappa shape index (κ1) is 19.1. The van der Waals surface area contributed by atoms with E-state index in [-0.39, 0.29) is 35.2 Å². The first-order valence-corrected chi connectivity index (χ1v) is 6.40. The lowest BCUT2D eigenvalue weighted by Gasteiger charge is -2.27. The lowest BCUT2D eigenvalue weighted by atomic mass is 9.84. The molecule has 0 heterocycles. The van der Waals surface area contributed by atoms with Crippen LogP contribution in [0.4, 0.5) is 4.39 Å². The molecule has 0 radical (unpaired) electrons. The van der Waals surface area contributed by atoms with Gasteiger partial charge in [-0.2, -0.15) is 0 Å². The third kappa shape index (κ3) is 4.92. The maximum absolute atomic E-state index is 13.9. The van der Waals surface area contributed by atoms with Gasteiger partial charge in [0.1, 0.15) is 5.82 Å². The molecule has 0 aliphatic heterocycles. The second-order valence-corrected chi connectivity index (χ2v) is 5.77. The highest BCUT2D eigenvalue weighted by Crippen LogP contribution is 2.26. The van der Waals surface area contributed by atoms with Gasteiger partial charge < -0.3 is 9.80 Å². The average molecular weight is 393 g/mol. The van der Waals surface area contributed by atoms with Crippen molar-refractivity contribution in [3.8, 4) is 0 Å². The number of hydrogen-bond donors (Lipinski definition) is 0. The minimum Gasteiger partial charge on any atom is -0.349 e. The van der Waals surface area contributed by atoms with Crippen molar-refractivity contribution in [2.75, 3.05) is 34.7 Å². The summed E-state index contributed by atoms with van der Waals surface area (Å²) in [5, 5.41) is 0. The van der Waals surface area contributed by atoms with Crippen LogP contribution in [0, 0.1) is 5.82 Å². The monoisotopic (exact) mass is 393 g/mol. The number of hydrogen-bond acceptors (Lipinski definition) is 1. The highest BCUT2D eigenvalue weighted by Gasteiger charge is 2.24. The molecule has 20 heavy (non-hydrogen) atoms. The molecule has 0 fully saturated rings. The summed E-state index contributed by atoms with van der Waals surface area (Å²) in [5.74, 6) is 0.711. The third-order valence-electron chi connectivity index (χ3n) is 3.02. The Labute approximate surface area is 138 Å². The van der Waals surface area contributed by atoms with Gasteiger partial charge in [0.2, 0.25) is 0 Å². The van der Waals surface area contributed by atoms with E-state index in [0.29, 0.717) is 12.1 Å². The van der Waals surface area contributed by atoms with Crippen LogP contribution in [0.15, 0.2) is 29.3 Å². The minimum atomic E-state index is -0.331. The van der Waals surface area contributed by atoms with E-state index in [1.807, 2.05) is 64.0 Å². The fourth-order valence-electron chi connectivity index (χ4n) is 2.05. The van der Waals surface area contributed by atoms with E-state index in [0.717, 1.165) is 5.96 Å². The van der Waals surface area contributed by atoms with Gasteiger partial charge in [-0.1, -0.05) is 32.0 Å². The predicted octanol–water partition coefficient (Wildman–Crippen LogP) is 3.20. The molecule has 3 nitrogen and oxygen atoms in total. The molecule has 0 spiro atoms. The second-order valence-electron chi connectivity index (χ2n) is 5.77. The number of guanidine groups is 1. The molecule has 0 bridgehead atoms. The first-order chi connectivity index (χ1) is 8.75. The zero-order chi connectivity index (χ0) is 14.6. The number of benzene rings is 1. The molecular weight excluding hydrogens is 368 g/mol. The fraction of sp³-hybridized carbons (Fsp3) is 0.533. The maximum Gasteiger partial charge on any atom is 0.195 e. The molecule has 0 saturated heterocycles. The van der Waals surface area contributed by atoms with Crippen molar-refractivity contribution >= 4 is 29.9 Å². The van der Waals surface area contributed by atoms with Crippen LogP contribution in [-0.2, 0) is 5.41 Å². The molecule has 1 aromatic rings. The molecule has 1 aromatic carbocycles. The molecule has 1 rings (SSSR count). The van der Waals surface area contributed by atoms with E-state index in [4.69, 9.17) is 0 Å². The molecule has 5 heteroatoms. The van der Waals surface area contributed by atoms with E-state index in [9.17, 15) is 4.39 Å². The third-order valence-corrected chi connectivity index (χ3v) is 3.02. The van der Waals surface area contributed by atoms with Crippen LogP contribution in [0.1, 0.15) is 19.4 Å². The SMILES string of the molecule is CN(C)C(=NCC(C)(C)c1ccccc1F)N(C)C.I. The summed E-state index contributed by atoms with van der Waals surface area (Å²) in [6.07, 6.45) is 0. The second kappa shape index (κ2) is 7.81. The van der Waals surface area contributed by atoms with Crippen LogP contribution >= 0.6 is 24.0 Å². The number of nitrogens with zero attached hydrogens (tertiary/aromatic N) is 3. The molecule has 0 N–H and O–H groups in total. The Hall–Kier alpha value is -0.850. The van der Waals surface area contributed by atoms with E-state index in [1.54, 1.807) is 6.07 Å². The van der Waals surface area contributed by atoms with Crippen molar-refractivity contribution in [2.45, 2.75) is 19.3 Å². The van der Waals surface area contributed by atoms with Gasteiger partial charge >= 0.3 is 0 Å². The van der Waals surface area contributed by atoms with Crippen molar-refractivity contribution in [3.05, 3.63) is 35.6 Å². The van der Waals surface area contributed by atoms with E-state index < -0.39 is 0 Å². The van der Waals surface area contributed by atoms with Crippen LogP contribution in [0.5, 0.6) is 0 Å². The van der Waals surface area contributed by atoms with Crippen LogP contribution in [0.2, 0.25) is 0 Å². The van der Waals surface area contributed by atoms with Gasteiger partial charge in [-0.05, 0) is 11.6 Å². The lowest BCUT2D eigenvalue weighted by Crippen LogP contribution is -2.37. The van der Waals surface area contributed by atoms with Gasteiger partial charge in [-0.3, -0.25) is 4.99 Å². The van der Waals surface area contributed by atoms with Crippen LogP contribution in [-0.4, -0.2) is 50.5 Å². The van der Waals surface area contributed by atoms with Crippen molar-refractivity contribution in [1.29, 1.82) is 0 Å². The molecule has 114 valence electrons. The molecule has 0 saturated carbocycles. The first-order valence-electron chi connectivity index (χ1n) is 6.40. The van der Waals surface area contributed by atoms with Gasteiger partial charge in [-0.15, -0.1) is 24.0 Å². The summed E-state index contributed by atoms with van der Waals surface area (Å²) in [6, 6.07) is 6.90. The summed E-state index contributed by atoms with van der Waals surface area (Å²) < 4.78 is 13.9. The highest BCUT2D eigenvalue weighted by atomic mass is 127. The zero-order valence-corrected chi connectivity index (χ0v) is 15.5. The summed E-state index contributed by atoms with van der Waals surface area (Å²) in [6.45, 7) is 4.56. The van der Waals surface area contributed by atoms with Crippen LogP contribution < -0.4 is 0 Å². The standard InChI is InChI=1S/C15H24FN3.HI/c1-15(2,12-9-7-8-10-13(12)16)11-17-14(18(3)4)19(5)6;/h7-10H,11H2,1-6H3;1H. The summed E-state index contributed by atoms with van der Waals surface area (Å²) in [7, 11) is 7.81. The number of aliphatic imine (C=N–C) groups is 1. The average Bonchev–Trinajstić information content (AvgIpc) is 2.28. The Morgan fingerprint density at radius 1 is 1.10 bits per heavy atom. The molecule has 0 amide bonds.